The minimum absolute atomic E-state index is 1.03. The third-order valence-corrected chi connectivity index (χ3v) is 5.24. The fourth-order valence-electron chi connectivity index (χ4n) is 2.41. The molecule has 1 aliphatic rings. The highest BCUT2D eigenvalue weighted by atomic mass is 79.9. The molecular formula is C16H15BrS. The molecule has 0 fully saturated rings. The van der Waals surface area contributed by atoms with Gasteiger partial charge in [-0.25, -0.2) is 0 Å². The molecule has 0 aromatic heterocycles. The predicted octanol–water partition coefficient (Wildman–Crippen LogP) is 5.23. The van der Waals surface area contributed by atoms with E-state index in [1.54, 1.807) is 11.1 Å². The summed E-state index contributed by atoms with van der Waals surface area (Å²) in [5, 5.41) is 0. The molecule has 0 nitrogen and oxygen atoms in total. The van der Waals surface area contributed by atoms with Crippen LogP contribution in [0.1, 0.15) is 23.1 Å². The van der Waals surface area contributed by atoms with Crippen molar-refractivity contribution in [2.75, 3.05) is 0 Å². The Balaban J connectivity index is 1.72. The number of rotatable bonds is 3. The minimum Gasteiger partial charge on any atom is -0.121 e. The van der Waals surface area contributed by atoms with E-state index in [0.29, 0.717) is 0 Å². The van der Waals surface area contributed by atoms with Crippen molar-refractivity contribution in [2.24, 2.45) is 0 Å². The molecule has 0 spiro atoms. The first-order valence-electron chi connectivity index (χ1n) is 6.31. The second kappa shape index (κ2) is 5.50. The van der Waals surface area contributed by atoms with Crippen molar-refractivity contribution in [3.63, 3.8) is 0 Å². The van der Waals surface area contributed by atoms with E-state index >= 15 is 0 Å². The number of halogens is 1. The third kappa shape index (κ3) is 2.65. The van der Waals surface area contributed by atoms with Crippen LogP contribution < -0.4 is 0 Å². The van der Waals surface area contributed by atoms with Crippen molar-refractivity contribution >= 4 is 27.7 Å². The molecule has 0 saturated carbocycles. The van der Waals surface area contributed by atoms with Crippen LogP contribution in [-0.4, -0.2) is 0 Å². The molecule has 0 unspecified atom stereocenters. The van der Waals surface area contributed by atoms with Crippen molar-refractivity contribution in [1.29, 1.82) is 0 Å². The summed E-state index contributed by atoms with van der Waals surface area (Å²) in [6, 6.07) is 15.4. The van der Waals surface area contributed by atoms with Gasteiger partial charge >= 0.3 is 0 Å². The second-order valence-electron chi connectivity index (χ2n) is 4.66. The van der Waals surface area contributed by atoms with Crippen molar-refractivity contribution in [3.05, 3.63) is 63.6 Å². The average Bonchev–Trinajstić information content (AvgIpc) is 2.85. The van der Waals surface area contributed by atoms with Crippen LogP contribution in [0.4, 0.5) is 0 Å². The molecule has 92 valence electrons. The highest BCUT2D eigenvalue weighted by Crippen LogP contribution is 2.30. The first-order valence-corrected chi connectivity index (χ1v) is 8.09. The van der Waals surface area contributed by atoms with Crippen LogP contribution in [0, 0.1) is 0 Å². The summed E-state index contributed by atoms with van der Waals surface area (Å²) >= 11 is 5.53. The van der Waals surface area contributed by atoms with Gasteiger partial charge in [0.05, 0.1) is 0 Å². The highest BCUT2D eigenvalue weighted by molar-refractivity contribution is 9.10. The third-order valence-electron chi connectivity index (χ3n) is 3.42. The molecule has 1 aliphatic carbocycles. The minimum atomic E-state index is 1.03. The smallest absolute Gasteiger partial charge is 0.0243 e. The van der Waals surface area contributed by atoms with Gasteiger partial charge in [-0.2, -0.15) is 0 Å². The van der Waals surface area contributed by atoms with Gasteiger partial charge in [0.2, 0.25) is 0 Å². The van der Waals surface area contributed by atoms with Gasteiger partial charge in [0.25, 0.3) is 0 Å². The average molecular weight is 319 g/mol. The topological polar surface area (TPSA) is 0 Å². The zero-order valence-electron chi connectivity index (χ0n) is 10.2. The molecule has 0 saturated heterocycles. The van der Waals surface area contributed by atoms with E-state index in [9.17, 15) is 0 Å². The standard InChI is InChI=1S/C16H15BrS/c17-16-7-2-1-4-14(16)11-18-15-9-8-12-5-3-6-13(12)10-15/h1-2,4,7-10H,3,5-6,11H2. The molecule has 0 N–H and O–H groups in total. The molecule has 0 heterocycles. The second-order valence-corrected chi connectivity index (χ2v) is 6.57. The Bertz CT molecular complexity index is 563. The number of benzene rings is 2. The van der Waals surface area contributed by atoms with Crippen LogP contribution in [0.3, 0.4) is 0 Å². The Hall–Kier alpha value is -0.730. The monoisotopic (exact) mass is 318 g/mol. The van der Waals surface area contributed by atoms with E-state index < -0.39 is 0 Å². The summed E-state index contributed by atoms with van der Waals surface area (Å²) in [5.74, 6) is 1.03. The molecule has 0 bridgehead atoms. The lowest BCUT2D eigenvalue weighted by Crippen LogP contribution is -1.85. The molecule has 18 heavy (non-hydrogen) atoms. The van der Waals surface area contributed by atoms with Gasteiger partial charge in [-0.05, 0) is 54.2 Å². The van der Waals surface area contributed by atoms with E-state index in [0.717, 1.165) is 5.75 Å². The normalized spacial score (nSPS) is 13.6. The number of hydrogen-bond donors (Lipinski definition) is 0. The van der Waals surface area contributed by atoms with Crippen LogP contribution in [-0.2, 0) is 18.6 Å². The number of hydrogen-bond acceptors (Lipinski definition) is 1. The molecule has 0 aliphatic heterocycles. The van der Waals surface area contributed by atoms with Crippen molar-refractivity contribution in [3.8, 4) is 0 Å². The largest absolute Gasteiger partial charge is 0.121 e. The van der Waals surface area contributed by atoms with Gasteiger partial charge in [-0.1, -0.05) is 40.2 Å². The zero-order valence-corrected chi connectivity index (χ0v) is 12.6. The van der Waals surface area contributed by atoms with Gasteiger partial charge in [0.15, 0.2) is 0 Å². The van der Waals surface area contributed by atoms with Gasteiger partial charge < -0.3 is 0 Å². The fourth-order valence-corrected chi connectivity index (χ4v) is 3.99. The lowest BCUT2D eigenvalue weighted by Gasteiger charge is -2.06. The maximum Gasteiger partial charge on any atom is 0.0243 e. The van der Waals surface area contributed by atoms with Gasteiger partial charge in [0.1, 0.15) is 0 Å². The lowest BCUT2D eigenvalue weighted by atomic mass is 10.1. The molecule has 0 amide bonds. The Labute approximate surface area is 121 Å². The molecule has 0 radical (unpaired) electrons. The molecule has 3 rings (SSSR count). The highest BCUT2D eigenvalue weighted by Gasteiger charge is 2.11. The Morgan fingerprint density at radius 3 is 2.72 bits per heavy atom. The van der Waals surface area contributed by atoms with Crippen molar-refractivity contribution < 1.29 is 0 Å². The summed E-state index contributed by atoms with van der Waals surface area (Å²) in [7, 11) is 0. The zero-order chi connectivity index (χ0) is 12.4. The van der Waals surface area contributed by atoms with Crippen LogP contribution in [0.25, 0.3) is 0 Å². The van der Waals surface area contributed by atoms with E-state index in [2.05, 4.69) is 58.4 Å². The Kier molecular flexibility index (Phi) is 3.76. The molecule has 2 heteroatoms. The quantitative estimate of drug-likeness (QED) is 0.698. The summed E-state index contributed by atoms with van der Waals surface area (Å²) in [6.45, 7) is 0. The molecule has 2 aromatic rings. The van der Waals surface area contributed by atoms with E-state index in [1.165, 1.54) is 34.2 Å². The Morgan fingerprint density at radius 1 is 1.00 bits per heavy atom. The van der Waals surface area contributed by atoms with Crippen molar-refractivity contribution in [1.82, 2.24) is 0 Å². The first kappa shape index (κ1) is 12.3. The van der Waals surface area contributed by atoms with Gasteiger partial charge in [-0.15, -0.1) is 11.8 Å². The number of thioether (sulfide) groups is 1. The van der Waals surface area contributed by atoms with Gasteiger partial charge in [0, 0.05) is 15.1 Å². The lowest BCUT2D eigenvalue weighted by molar-refractivity contribution is 0.911. The van der Waals surface area contributed by atoms with Crippen LogP contribution in [0.2, 0.25) is 0 Å². The summed E-state index contributed by atoms with van der Waals surface area (Å²) in [5.41, 5.74) is 4.48. The summed E-state index contributed by atoms with van der Waals surface area (Å²) in [6.07, 6.45) is 3.86. The first-order chi connectivity index (χ1) is 8.83. The van der Waals surface area contributed by atoms with Crippen LogP contribution in [0.5, 0.6) is 0 Å². The maximum absolute atomic E-state index is 3.61. The molecule has 2 aromatic carbocycles. The number of fused-ring (bicyclic) bond motifs is 1. The van der Waals surface area contributed by atoms with E-state index in [-0.39, 0.29) is 0 Å². The summed E-state index contributed by atoms with van der Waals surface area (Å²) in [4.78, 5) is 1.39. The fraction of sp³-hybridized carbons (Fsp3) is 0.250. The summed E-state index contributed by atoms with van der Waals surface area (Å²) < 4.78 is 1.21. The maximum atomic E-state index is 3.61. The van der Waals surface area contributed by atoms with E-state index in [1.807, 2.05) is 11.8 Å². The Morgan fingerprint density at radius 2 is 1.83 bits per heavy atom. The SMILES string of the molecule is Brc1ccccc1CSc1ccc2c(c1)CCC2. The van der Waals surface area contributed by atoms with Crippen LogP contribution in [0.15, 0.2) is 51.8 Å². The molecular weight excluding hydrogens is 304 g/mol. The predicted molar refractivity (Wildman–Crippen MR) is 82.2 cm³/mol. The number of aryl methyl sites for hydroxylation is 2. The van der Waals surface area contributed by atoms with E-state index in [4.69, 9.17) is 0 Å². The molecule has 0 atom stereocenters. The van der Waals surface area contributed by atoms with Crippen molar-refractivity contribution in [2.45, 2.75) is 29.9 Å². The van der Waals surface area contributed by atoms with Gasteiger partial charge in [-0.3, -0.25) is 0 Å². The van der Waals surface area contributed by atoms with Crippen LogP contribution >= 0.6 is 27.7 Å².